The van der Waals surface area contributed by atoms with Crippen LogP contribution in [-0.2, 0) is 0 Å². The maximum atomic E-state index is 2.47. The third-order valence-electron chi connectivity index (χ3n) is 2.17. The normalized spacial score (nSPS) is 12.1. The van der Waals surface area contributed by atoms with E-state index in [4.69, 9.17) is 0 Å². The minimum absolute atomic E-state index is 0.0334. The summed E-state index contributed by atoms with van der Waals surface area (Å²) in [6.07, 6.45) is 5.19. The molecule has 0 fully saturated rings. The second-order valence-electron chi connectivity index (χ2n) is 4.35. The van der Waals surface area contributed by atoms with Gasteiger partial charge in [0.05, 0.1) is 0 Å². The summed E-state index contributed by atoms with van der Waals surface area (Å²) in [6, 6.07) is 10.8. The molecule has 1 aromatic carbocycles. The van der Waals surface area contributed by atoms with E-state index in [1.807, 2.05) is 11.8 Å². The van der Waals surface area contributed by atoms with Crippen molar-refractivity contribution in [1.29, 1.82) is 0 Å². The van der Waals surface area contributed by atoms with Crippen molar-refractivity contribution in [3.63, 3.8) is 0 Å². The summed E-state index contributed by atoms with van der Waals surface area (Å²) in [5.74, 6) is 0.674. The number of benzene rings is 1. The van der Waals surface area contributed by atoms with E-state index >= 15 is 0 Å². The molecule has 1 rings (SSSR count). The van der Waals surface area contributed by atoms with E-state index in [0.717, 1.165) is 0 Å². The molecule has 0 heterocycles. The molecule has 0 unspecified atom stereocenters. The third-order valence-corrected chi connectivity index (χ3v) is 7.13. The Morgan fingerprint density at radius 2 is 2.00 bits per heavy atom. The Kier molecular flexibility index (Phi) is 8.10. The van der Waals surface area contributed by atoms with Crippen molar-refractivity contribution in [3.05, 3.63) is 39.4 Å². The van der Waals surface area contributed by atoms with E-state index in [0.29, 0.717) is 5.92 Å². The average Bonchev–Trinajstić information content (AvgIpc) is 2.30. The van der Waals surface area contributed by atoms with Gasteiger partial charge in [-0.25, -0.2) is 0 Å². The second kappa shape index (κ2) is 9.09. The first-order chi connectivity index (χ1) is 8.22. The molecule has 0 saturated carbocycles. The molecule has 1 aromatic rings. The van der Waals surface area contributed by atoms with Crippen LogP contribution in [0.4, 0.5) is 0 Å². The van der Waals surface area contributed by atoms with E-state index in [2.05, 4.69) is 57.2 Å². The fourth-order valence-electron chi connectivity index (χ4n) is 1.31. The first-order valence-corrected chi connectivity index (χ1v) is 9.93. The molecule has 0 spiro atoms. The molecule has 0 bridgehead atoms. The molecular formula is C15H22STe. The van der Waals surface area contributed by atoms with E-state index in [9.17, 15) is 0 Å². The molecule has 0 aliphatic heterocycles. The Hall–Kier alpha value is 0.0996. The van der Waals surface area contributed by atoms with Crippen LogP contribution in [0.3, 0.4) is 0 Å². The van der Waals surface area contributed by atoms with Crippen molar-refractivity contribution < 1.29 is 0 Å². The summed E-state index contributed by atoms with van der Waals surface area (Å²) >= 11 is 2.02. The minimum atomic E-state index is 0.0334. The Labute approximate surface area is 120 Å². The molecule has 0 atom stereocenters. The molecule has 2 heteroatoms. The summed E-state index contributed by atoms with van der Waals surface area (Å²) in [5.41, 5.74) is 0. The Balaban J connectivity index is 2.58. The molecule has 17 heavy (non-hydrogen) atoms. The molecule has 0 radical (unpaired) electrons. The van der Waals surface area contributed by atoms with Gasteiger partial charge in [-0.05, 0) is 0 Å². The van der Waals surface area contributed by atoms with Crippen molar-refractivity contribution in [2.75, 3.05) is 0 Å². The molecular weight excluding hydrogens is 340 g/mol. The van der Waals surface area contributed by atoms with Crippen molar-refractivity contribution in [3.8, 4) is 0 Å². The number of hydrogen-bond donors (Lipinski definition) is 0. The molecule has 0 N–H and O–H groups in total. The summed E-state index contributed by atoms with van der Waals surface area (Å²) < 4.78 is 3.10. The van der Waals surface area contributed by atoms with Crippen LogP contribution in [-0.4, -0.2) is 20.9 Å². The van der Waals surface area contributed by atoms with Crippen LogP contribution in [0, 0.1) is 5.92 Å². The molecule has 0 aliphatic carbocycles. The quantitative estimate of drug-likeness (QED) is 0.365. The van der Waals surface area contributed by atoms with Gasteiger partial charge in [0.25, 0.3) is 0 Å². The van der Waals surface area contributed by atoms with Gasteiger partial charge in [-0.2, -0.15) is 0 Å². The Morgan fingerprint density at radius 1 is 1.29 bits per heavy atom. The van der Waals surface area contributed by atoms with Gasteiger partial charge in [0.2, 0.25) is 0 Å². The third kappa shape index (κ3) is 7.19. The van der Waals surface area contributed by atoms with Crippen molar-refractivity contribution >= 4 is 32.7 Å². The van der Waals surface area contributed by atoms with E-state index < -0.39 is 0 Å². The van der Waals surface area contributed by atoms with Crippen molar-refractivity contribution in [1.82, 2.24) is 0 Å². The van der Waals surface area contributed by atoms with Gasteiger partial charge in [-0.3, -0.25) is 0 Å². The summed E-state index contributed by atoms with van der Waals surface area (Å²) in [5, 5.41) is 0. The van der Waals surface area contributed by atoms with Gasteiger partial charge in [0.1, 0.15) is 0 Å². The van der Waals surface area contributed by atoms with Crippen LogP contribution >= 0.6 is 11.8 Å². The van der Waals surface area contributed by atoms with Gasteiger partial charge >= 0.3 is 121 Å². The number of unbranched alkanes of at least 4 members (excludes halogenated alkanes) is 1. The molecule has 0 amide bonds. The molecule has 0 nitrogen and oxygen atoms in total. The summed E-state index contributed by atoms with van der Waals surface area (Å²) in [7, 11) is 0. The van der Waals surface area contributed by atoms with Gasteiger partial charge in [-0.15, -0.1) is 0 Å². The summed E-state index contributed by atoms with van der Waals surface area (Å²) in [6.45, 7) is 6.83. The molecule has 94 valence electrons. The van der Waals surface area contributed by atoms with Gasteiger partial charge < -0.3 is 0 Å². The standard InChI is InChI=1S/C15H22STe/c1-4-5-11-17-15(12-13(2)3)16-14-9-7-6-8-10-14/h6-10,12-13H,4-5,11H2,1-3H3/b15-12-. The fraction of sp³-hybridized carbons (Fsp3) is 0.467. The number of thioether (sulfide) groups is 1. The van der Waals surface area contributed by atoms with Crippen LogP contribution in [0.25, 0.3) is 0 Å². The van der Waals surface area contributed by atoms with Gasteiger partial charge in [0, 0.05) is 0 Å². The predicted molar refractivity (Wildman–Crippen MR) is 80.7 cm³/mol. The number of allylic oxidation sites excluding steroid dienone is 1. The second-order valence-corrected chi connectivity index (χ2v) is 9.51. The van der Waals surface area contributed by atoms with Crippen molar-refractivity contribution in [2.24, 2.45) is 5.92 Å². The van der Waals surface area contributed by atoms with Crippen molar-refractivity contribution in [2.45, 2.75) is 43.0 Å². The van der Waals surface area contributed by atoms with Crippen LogP contribution in [0.2, 0.25) is 4.47 Å². The zero-order valence-corrected chi connectivity index (χ0v) is 14.1. The molecule has 0 saturated heterocycles. The average molecular weight is 362 g/mol. The molecule has 0 aromatic heterocycles. The maximum absolute atomic E-state index is 2.47. The topological polar surface area (TPSA) is 0 Å². The fourth-order valence-corrected chi connectivity index (χ4v) is 6.98. The Morgan fingerprint density at radius 3 is 2.59 bits per heavy atom. The Bertz CT molecular complexity index is 330. The van der Waals surface area contributed by atoms with Crippen LogP contribution in [0.15, 0.2) is 44.3 Å². The number of hydrogen-bond acceptors (Lipinski definition) is 1. The van der Waals surface area contributed by atoms with Crippen LogP contribution in [0.1, 0.15) is 33.6 Å². The number of rotatable bonds is 7. The molecule has 0 aliphatic rings. The SMILES string of the molecule is CCCC[Te]/C(=C\C(C)C)Sc1ccccc1. The summed E-state index contributed by atoms with van der Waals surface area (Å²) in [4.78, 5) is 1.39. The van der Waals surface area contributed by atoms with Gasteiger partial charge in [0.15, 0.2) is 0 Å². The van der Waals surface area contributed by atoms with Crippen LogP contribution < -0.4 is 0 Å². The zero-order valence-electron chi connectivity index (χ0n) is 11.0. The predicted octanol–water partition coefficient (Wildman–Crippen LogP) is 5.20. The van der Waals surface area contributed by atoms with E-state index in [1.54, 1.807) is 2.95 Å². The van der Waals surface area contributed by atoms with E-state index in [1.165, 1.54) is 22.2 Å². The van der Waals surface area contributed by atoms with Crippen LogP contribution in [0.5, 0.6) is 0 Å². The first kappa shape index (κ1) is 15.2. The van der Waals surface area contributed by atoms with Gasteiger partial charge in [-0.1, -0.05) is 0 Å². The zero-order chi connectivity index (χ0) is 12.5. The first-order valence-electron chi connectivity index (χ1n) is 6.30. The van der Waals surface area contributed by atoms with E-state index in [-0.39, 0.29) is 20.9 Å². The monoisotopic (exact) mass is 364 g/mol.